The summed E-state index contributed by atoms with van der Waals surface area (Å²) in [6, 6.07) is 0.386. The summed E-state index contributed by atoms with van der Waals surface area (Å²) < 4.78 is 11.9. The Hall–Kier alpha value is 0.180. The van der Waals surface area contributed by atoms with Crippen molar-refractivity contribution in [1.82, 2.24) is 5.32 Å². The van der Waals surface area contributed by atoms with Crippen molar-refractivity contribution in [3.05, 3.63) is 0 Å². The van der Waals surface area contributed by atoms with Crippen LogP contribution in [0.1, 0.15) is 33.6 Å². The Labute approximate surface area is 86.0 Å². The van der Waals surface area contributed by atoms with Crippen LogP contribution in [-0.2, 0) is 0 Å². The monoisotopic (exact) mass is 209 g/mol. The Kier molecular flexibility index (Phi) is 6.70. The van der Waals surface area contributed by atoms with Gasteiger partial charge in [0.15, 0.2) is 0 Å². The van der Waals surface area contributed by atoms with Crippen LogP contribution >= 0.6 is 11.6 Å². The lowest BCUT2D eigenvalue weighted by atomic mass is 9.85. The standard InChI is InChI=1S/C10H21ClFN/c1-10(2,3)9(5-6-11)13-8-4-7-12/h9,13H,4-8H2,1-3H3. The van der Waals surface area contributed by atoms with Crippen LogP contribution in [0.25, 0.3) is 0 Å². The highest BCUT2D eigenvalue weighted by Crippen LogP contribution is 2.22. The Balaban J connectivity index is 3.81. The van der Waals surface area contributed by atoms with Gasteiger partial charge in [0, 0.05) is 11.9 Å². The van der Waals surface area contributed by atoms with Crippen molar-refractivity contribution in [2.24, 2.45) is 5.41 Å². The van der Waals surface area contributed by atoms with Gasteiger partial charge in [-0.25, -0.2) is 0 Å². The number of rotatable bonds is 6. The van der Waals surface area contributed by atoms with Crippen LogP contribution in [0, 0.1) is 5.41 Å². The molecule has 0 aromatic rings. The Bertz CT molecular complexity index is 123. The Morgan fingerprint density at radius 2 is 2.00 bits per heavy atom. The van der Waals surface area contributed by atoms with Crippen molar-refractivity contribution in [3.63, 3.8) is 0 Å². The third kappa shape index (κ3) is 6.28. The highest BCUT2D eigenvalue weighted by Gasteiger charge is 2.22. The van der Waals surface area contributed by atoms with Crippen LogP contribution in [0.3, 0.4) is 0 Å². The van der Waals surface area contributed by atoms with Gasteiger partial charge >= 0.3 is 0 Å². The van der Waals surface area contributed by atoms with E-state index in [0.29, 0.717) is 18.3 Å². The predicted octanol–water partition coefficient (Wildman–Crippen LogP) is 2.98. The Morgan fingerprint density at radius 3 is 2.38 bits per heavy atom. The van der Waals surface area contributed by atoms with Crippen molar-refractivity contribution in [2.75, 3.05) is 19.1 Å². The molecule has 0 aliphatic heterocycles. The number of halogens is 2. The molecule has 0 amide bonds. The Morgan fingerprint density at radius 1 is 1.38 bits per heavy atom. The molecule has 0 saturated heterocycles. The molecule has 1 nitrogen and oxygen atoms in total. The molecule has 80 valence electrons. The predicted molar refractivity (Wildman–Crippen MR) is 57.2 cm³/mol. The van der Waals surface area contributed by atoms with Gasteiger partial charge < -0.3 is 5.32 Å². The normalized spacial score (nSPS) is 14.5. The molecule has 13 heavy (non-hydrogen) atoms. The average molecular weight is 210 g/mol. The third-order valence-electron chi connectivity index (χ3n) is 2.14. The quantitative estimate of drug-likeness (QED) is 0.524. The summed E-state index contributed by atoms with van der Waals surface area (Å²) >= 11 is 5.70. The van der Waals surface area contributed by atoms with Crippen LogP contribution in [0.15, 0.2) is 0 Å². The number of hydrogen-bond acceptors (Lipinski definition) is 1. The lowest BCUT2D eigenvalue weighted by Gasteiger charge is -2.31. The van der Waals surface area contributed by atoms with E-state index in [-0.39, 0.29) is 12.1 Å². The number of alkyl halides is 2. The smallest absolute Gasteiger partial charge is 0.0906 e. The van der Waals surface area contributed by atoms with Crippen molar-refractivity contribution < 1.29 is 4.39 Å². The van der Waals surface area contributed by atoms with E-state index in [9.17, 15) is 4.39 Å². The SMILES string of the molecule is CC(C)(C)C(CCCl)NCCCF. The first kappa shape index (κ1) is 13.2. The number of nitrogens with one attached hydrogen (secondary N) is 1. The second-order valence-electron chi connectivity index (χ2n) is 4.39. The molecular weight excluding hydrogens is 189 g/mol. The summed E-state index contributed by atoms with van der Waals surface area (Å²) in [5.74, 6) is 0.657. The summed E-state index contributed by atoms with van der Waals surface area (Å²) in [7, 11) is 0. The van der Waals surface area contributed by atoms with E-state index in [2.05, 4.69) is 26.1 Å². The van der Waals surface area contributed by atoms with Gasteiger partial charge in [-0.1, -0.05) is 20.8 Å². The zero-order valence-electron chi connectivity index (χ0n) is 8.87. The van der Waals surface area contributed by atoms with E-state index in [1.807, 2.05) is 0 Å². The maximum atomic E-state index is 11.9. The minimum atomic E-state index is -0.245. The van der Waals surface area contributed by atoms with E-state index in [1.54, 1.807) is 0 Å². The van der Waals surface area contributed by atoms with Gasteiger partial charge in [0.05, 0.1) is 6.67 Å². The molecule has 3 heteroatoms. The summed E-state index contributed by atoms with van der Waals surface area (Å²) in [6.45, 7) is 7.02. The van der Waals surface area contributed by atoms with Crippen LogP contribution in [0.2, 0.25) is 0 Å². The van der Waals surface area contributed by atoms with Gasteiger partial charge in [0.25, 0.3) is 0 Å². The van der Waals surface area contributed by atoms with E-state index in [0.717, 1.165) is 13.0 Å². The molecule has 1 N–H and O–H groups in total. The maximum absolute atomic E-state index is 11.9. The van der Waals surface area contributed by atoms with Crippen LogP contribution < -0.4 is 5.32 Å². The first-order valence-corrected chi connectivity index (χ1v) is 5.41. The van der Waals surface area contributed by atoms with Crippen molar-refractivity contribution in [1.29, 1.82) is 0 Å². The molecule has 0 bridgehead atoms. The highest BCUT2D eigenvalue weighted by molar-refractivity contribution is 6.17. The fourth-order valence-corrected chi connectivity index (χ4v) is 1.51. The summed E-state index contributed by atoms with van der Waals surface area (Å²) in [5.41, 5.74) is 0.200. The molecule has 0 saturated carbocycles. The van der Waals surface area contributed by atoms with Crippen molar-refractivity contribution in [3.8, 4) is 0 Å². The fraction of sp³-hybridized carbons (Fsp3) is 1.00. The van der Waals surface area contributed by atoms with Crippen LogP contribution in [0.4, 0.5) is 4.39 Å². The lowest BCUT2D eigenvalue weighted by molar-refractivity contribution is 0.259. The third-order valence-corrected chi connectivity index (χ3v) is 2.36. The lowest BCUT2D eigenvalue weighted by Crippen LogP contribution is -2.41. The molecule has 0 aromatic carbocycles. The zero-order valence-corrected chi connectivity index (χ0v) is 9.62. The fourth-order valence-electron chi connectivity index (χ4n) is 1.29. The molecule has 0 heterocycles. The van der Waals surface area contributed by atoms with E-state index in [4.69, 9.17) is 11.6 Å². The van der Waals surface area contributed by atoms with Gasteiger partial charge in [0.1, 0.15) is 0 Å². The first-order valence-electron chi connectivity index (χ1n) is 4.87. The second kappa shape index (κ2) is 6.61. The summed E-state index contributed by atoms with van der Waals surface area (Å²) in [4.78, 5) is 0. The summed E-state index contributed by atoms with van der Waals surface area (Å²) in [5, 5.41) is 3.34. The minimum Gasteiger partial charge on any atom is -0.313 e. The topological polar surface area (TPSA) is 12.0 Å². The molecule has 0 spiro atoms. The molecule has 1 atom stereocenters. The first-order chi connectivity index (χ1) is 6.02. The van der Waals surface area contributed by atoms with Gasteiger partial charge in [-0.15, -0.1) is 11.6 Å². The molecule has 0 aliphatic rings. The molecular formula is C10H21ClFN. The summed E-state index contributed by atoms with van der Waals surface area (Å²) in [6.07, 6.45) is 1.53. The van der Waals surface area contributed by atoms with Crippen LogP contribution in [0.5, 0.6) is 0 Å². The van der Waals surface area contributed by atoms with Gasteiger partial charge in [-0.05, 0) is 24.8 Å². The van der Waals surface area contributed by atoms with Gasteiger partial charge in [-0.2, -0.15) is 0 Å². The molecule has 1 unspecified atom stereocenters. The van der Waals surface area contributed by atoms with Crippen molar-refractivity contribution in [2.45, 2.75) is 39.7 Å². The molecule has 0 aromatic heterocycles. The van der Waals surface area contributed by atoms with E-state index in [1.165, 1.54) is 0 Å². The second-order valence-corrected chi connectivity index (χ2v) is 4.77. The minimum absolute atomic E-state index is 0.200. The molecule has 0 radical (unpaired) electrons. The van der Waals surface area contributed by atoms with E-state index >= 15 is 0 Å². The zero-order chi connectivity index (χ0) is 10.3. The van der Waals surface area contributed by atoms with E-state index < -0.39 is 0 Å². The van der Waals surface area contributed by atoms with Gasteiger partial charge in [-0.3, -0.25) is 4.39 Å². The molecule has 0 aliphatic carbocycles. The van der Waals surface area contributed by atoms with Crippen molar-refractivity contribution >= 4 is 11.6 Å². The maximum Gasteiger partial charge on any atom is 0.0906 e. The molecule has 0 fully saturated rings. The largest absolute Gasteiger partial charge is 0.313 e. The van der Waals surface area contributed by atoms with Gasteiger partial charge in [0.2, 0.25) is 0 Å². The number of hydrogen-bond donors (Lipinski definition) is 1. The average Bonchev–Trinajstić information content (AvgIpc) is 2.01. The van der Waals surface area contributed by atoms with Crippen LogP contribution in [-0.4, -0.2) is 25.1 Å². The molecule has 0 rings (SSSR count). The highest BCUT2D eigenvalue weighted by atomic mass is 35.5.